The third-order valence-electron chi connectivity index (χ3n) is 4.83. The zero-order valence-corrected chi connectivity index (χ0v) is 17.1. The van der Waals surface area contributed by atoms with E-state index in [1.807, 2.05) is 37.3 Å². The van der Waals surface area contributed by atoms with Crippen LogP contribution in [0.5, 0.6) is 0 Å². The van der Waals surface area contributed by atoms with Crippen LogP contribution in [0.4, 0.5) is 0 Å². The largest absolute Gasteiger partial charge is 0.468 e. The molecule has 3 aromatic carbocycles. The summed E-state index contributed by atoms with van der Waals surface area (Å²) in [5, 5.41) is 6.48. The fourth-order valence-corrected chi connectivity index (χ4v) is 3.20. The molecule has 0 aromatic heterocycles. The number of nitrogens with zero attached hydrogens (tertiary/aromatic N) is 1. The van der Waals surface area contributed by atoms with Crippen molar-refractivity contribution in [2.45, 2.75) is 19.4 Å². The molecule has 0 bridgehead atoms. The van der Waals surface area contributed by atoms with Gasteiger partial charge in [0, 0.05) is 0 Å². The summed E-state index contributed by atoms with van der Waals surface area (Å²) >= 11 is 0. The van der Waals surface area contributed by atoms with E-state index < -0.39 is 17.9 Å². The smallest absolute Gasteiger partial charge is 0.324 e. The van der Waals surface area contributed by atoms with Gasteiger partial charge in [-0.25, -0.2) is 0 Å². The van der Waals surface area contributed by atoms with E-state index in [2.05, 4.69) is 17.3 Å². The number of fused-ring (bicyclic) bond motifs is 1. The quantitative estimate of drug-likeness (QED) is 0.255. The zero-order chi connectivity index (χ0) is 21.5. The molecule has 0 aliphatic carbocycles. The third-order valence-corrected chi connectivity index (χ3v) is 4.83. The van der Waals surface area contributed by atoms with Gasteiger partial charge in [0.05, 0.1) is 19.9 Å². The van der Waals surface area contributed by atoms with Crippen LogP contribution in [0.2, 0.25) is 0 Å². The van der Waals surface area contributed by atoms with Gasteiger partial charge in [0.2, 0.25) is 0 Å². The van der Waals surface area contributed by atoms with Crippen molar-refractivity contribution in [3.63, 3.8) is 0 Å². The van der Waals surface area contributed by atoms with Crippen LogP contribution in [0.25, 0.3) is 10.8 Å². The predicted molar refractivity (Wildman–Crippen MR) is 114 cm³/mol. The van der Waals surface area contributed by atoms with Crippen molar-refractivity contribution >= 4 is 28.4 Å². The van der Waals surface area contributed by atoms with E-state index in [9.17, 15) is 9.59 Å². The van der Waals surface area contributed by atoms with Crippen LogP contribution in [0.15, 0.2) is 71.9 Å². The first kappa shape index (κ1) is 21.0. The highest BCUT2D eigenvalue weighted by molar-refractivity contribution is 6.02. The summed E-state index contributed by atoms with van der Waals surface area (Å²) in [6.07, 6.45) is 0. The Morgan fingerprint density at radius 1 is 0.867 bits per heavy atom. The highest BCUT2D eigenvalue weighted by atomic mass is 16.6. The van der Waals surface area contributed by atoms with Crippen molar-refractivity contribution in [3.05, 3.63) is 83.4 Å². The lowest BCUT2D eigenvalue weighted by Crippen LogP contribution is -2.25. The predicted octanol–water partition coefficient (Wildman–Crippen LogP) is 4.21. The molecule has 0 heterocycles. The number of ether oxygens (including phenoxy) is 2. The van der Waals surface area contributed by atoms with Gasteiger partial charge < -0.3 is 14.3 Å². The topological polar surface area (TPSA) is 74.2 Å². The van der Waals surface area contributed by atoms with Crippen molar-refractivity contribution in [2.24, 2.45) is 5.16 Å². The molecular weight excluding hydrogens is 382 g/mol. The molecule has 154 valence electrons. The monoisotopic (exact) mass is 405 g/mol. The van der Waals surface area contributed by atoms with E-state index in [1.165, 1.54) is 14.2 Å². The molecule has 0 atom stereocenters. The van der Waals surface area contributed by atoms with Gasteiger partial charge in [0.1, 0.15) is 6.61 Å². The molecule has 0 saturated carbocycles. The maximum absolute atomic E-state index is 12.1. The Morgan fingerprint density at radius 2 is 1.50 bits per heavy atom. The number of carbonyl (C=O) groups excluding carboxylic acids is 2. The summed E-state index contributed by atoms with van der Waals surface area (Å²) in [6.45, 7) is 1.95. The standard InChI is InChI=1S/C24H23NO5/c1-16(18-13-12-17-8-4-5-9-19(17)14-18)25-30-15-20-10-6-7-11-21(20)22(23(26)28-2)24(27)29-3/h4-14,22H,15H2,1-3H3. The number of hydrogen-bond acceptors (Lipinski definition) is 6. The highest BCUT2D eigenvalue weighted by Crippen LogP contribution is 2.24. The van der Waals surface area contributed by atoms with Gasteiger partial charge in [0.25, 0.3) is 0 Å². The number of rotatable bonds is 7. The second-order valence-corrected chi connectivity index (χ2v) is 6.69. The average Bonchev–Trinajstić information content (AvgIpc) is 2.79. The van der Waals surface area contributed by atoms with Gasteiger partial charge in [0.15, 0.2) is 5.92 Å². The second-order valence-electron chi connectivity index (χ2n) is 6.69. The molecule has 3 rings (SSSR count). The Bertz CT molecular complexity index is 1070. The Morgan fingerprint density at radius 3 is 2.20 bits per heavy atom. The summed E-state index contributed by atoms with van der Waals surface area (Å²) in [7, 11) is 2.46. The molecule has 0 saturated heterocycles. The van der Waals surface area contributed by atoms with Crippen LogP contribution in [0.3, 0.4) is 0 Å². The fourth-order valence-electron chi connectivity index (χ4n) is 3.20. The van der Waals surface area contributed by atoms with Gasteiger partial charge in [-0.1, -0.05) is 65.8 Å². The number of hydrogen-bond donors (Lipinski definition) is 0. The van der Waals surface area contributed by atoms with E-state index in [-0.39, 0.29) is 6.61 Å². The first-order valence-corrected chi connectivity index (χ1v) is 9.44. The molecular formula is C24H23NO5. The average molecular weight is 405 g/mol. The zero-order valence-electron chi connectivity index (χ0n) is 17.1. The Balaban J connectivity index is 1.79. The molecule has 6 nitrogen and oxygen atoms in total. The second kappa shape index (κ2) is 9.69. The van der Waals surface area contributed by atoms with E-state index in [0.29, 0.717) is 11.1 Å². The van der Waals surface area contributed by atoms with Crippen molar-refractivity contribution in [2.75, 3.05) is 14.2 Å². The summed E-state index contributed by atoms with van der Waals surface area (Å²) < 4.78 is 9.54. The van der Waals surface area contributed by atoms with Gasteiger partial charge in [-0.2, -0.15) is 0 Å². The molecule has 3 aromatic rings. The van der Waals surface area contributed by atoms with E-state index in [4.69, 9.17) is 14.3 Å². The lowest BCUT2D eigenvalue weighted by atomic mass is 9.94. The molecule has 0 unspecified atom stereocenters. The molecule has 6 heteroatoms. The first-order valence-electron chi connectivity index (χ1n) is 9.44. The van der Waals surface area contributed by atoms with Crippen molar-refractivity contribution in [1.82, 2.24) is 0 Å². The summed E-state index contributed by atoms with van der Waals surface area (Å²) in [6, 6.07) is 21.2. The van der Waals surface area contributed by atoms with E-state index in [1.54, 1.807) is 24.3 Å². The lowest BCUT2D eigenvalue weighted by molar-refractivity contribution is -0.154. The van der Waals surface area contributed by atoms with E-state index >= 15 is 0 Å². The molecule has 30 heavy (non-hydrogen) atoms. The molecule has 0 aliphatic heterocycles. The third kappa shape index (κ3) is 4.66. The van der Waals surface area contributed by atoms with Gasteiger partial charge in [-0.3, -0.25) is 9.59 Å². The normalized spacial score (nSPS) is 11.4. The Hall–Kier alpha value is -3.67. The molecule has 0 N–H and O–H groups in total. The van der Waals surface area contributed by atoms with Crippen LogP contribution in [0.1, 0.15) is 29.5 Å². The van der Waals surface area contributed by atoms with Crippen LogP contribution in [0, 0.1) is 0 Å². The maximum atomic E-state index is 12.1. The Kier molecular flexibility index (Phi) is 6.80. The van der Waals surface area contributed by atoms with Crippen molar-refractivity contribution in [3.8, 4) is 0 Å². The van der Waals surface area contributed by atoms with Gasteiger partial charge in [-0.05, 0) is 40.5 Å². The number of esters is 2. The van der Waals surface area contributed by atoms with Gasteiger partial charge in [-0.15, -0.1) is 0 Å². The van der Waals surface area contributed by atoms with Crippen molar-refractivity contribution < 1.29 is 23.9 Å². The Labute approximate surface area is 175 Å². The molecule has 0 aliphatic rings. The number of oxime groups is 1. The lowest BCUT2D eigenvalue weighted by Gasteiger charge is -2.16. The fraction of sp³-hybridized carbons (Fsp3) is 0.208. The van der Waals surface area contributed by atoms with Crippen LogP contribution >= 0.6 is 0 Å². The van der Waals surface area contributed by atoms with Crippen molar-refractivity contribution in [1.29, 1.82) is 0 Å². The molecule has 0 spiro atoms. The minimum Gasteiger partial charge on any atom is -0.468 e. The summed E-state index contributed by atoms with van der Waals surface area (Å²) in [5.74, 6) is -2.55. The minimum absolute atomic E-state index is 0.0889. The maximum Gasteiger partial charge on any atom is 0.324 e. The van der Waals surface area contributed by atoms with Crippen LogP contribution in [-0.4, -0.2) is 31.9 Å². The highest BCUT2D eigenvalue weighted by Gasteiger charge is 2.32. The summed E-state index contributed by atoms with van der Waals surface area (Å²) in [4.78, 5) is 29.8. The number of carbonyl (C=O) groups is 2. The first-order chi connectivity index (χ1) is 14.5. The SMILES string of the molecule is COC(=O)C(C(=O)OC)c1ccccc1CON=C(C)c1ccc2ccccc2c1. The molecule has 0 amide bonds. The number of benzene rings is 3. The molecule has 0 radical (unpaired) electrons. The minimum atomic E-state index is -1.18. The van der Waals surface area contributed by atoms with Crippen LogP contribution < -0.4 is 0 Å². The number of methoxy groups -OCH3 is 2. The van der Waals surface area contributed by atoms with Gasteiger partial charge >= 0.3 is 11.9 Å². The van der Waals surface area contributed by atoms with E-state index in [0.717, 1.165) is 22.0 Å². The molecule has 0 fully saturated rings. The van der Waals surface area contributed by atoms with Crippen LogP contribution in [-0.2, 0) is 30.5 Å². The summed E-state index contributed by atoms with van der Waals surface area (Å²) in [5.41, 5.74) is 2.78.